The van der Waals surface area contributed by atoms with Gasteiger partial charge in [-0.1, -0.05) is 26.0 Å². The molecule has 2 N–H and O–H groups in total. The summed E-state index contributed by atoms with van der Waals surface area (Å²) >= 11 is 0. The molecule has 0 aliphatic heterocycles. The molecule has 1 nitrogen and oxygen atoms in total. The third-order valence-corrected chi connectivity index (χ3v) is 1.70. The summed E-state index contributed by atoms with van der Waals surface area (Å²) in [7, 11) is 0. The predicted octanol–water partition coefficient (Wildman–Crippen LogP) is 2.45. The second-order valence-electron chi connectivity index (χ2n) is 3.02. The molecule has 0 rings (SSSR count). The van der Waals surface area contributed by atoms with Crippen molar-refractivity contribution in [3.63, 3.8) is 0 Å². The van der Waals surface area contributed by atoms with Gasteiger partial charge < -0.3 is 5.73 Å². The molecule has 1 heteroatoms. The molecule has 0 aromatic rings. The van der Waals surface area contributed by atoms with Gasteiger partial charge in [-0.15, -0.1) is 0 Å². The fourth-order valence-corrected chi connectivity index (χ4v) is 0.679. The molecule has 0 heterocycles. The van der Waals surface area contributed by atoms with Crippen molar-refractivity contribution in [1.82, 2.24) is 0 Å². The summed E-state index contributed by atoms with van der Waals surface area (Å²) in [6.07, 6.45) is 0. The minimum atomic E-state index is 0.427. The second kappa shape index (κ2) is 3.45. The minimum Gasteiger partial charge on any atom is -0.402 e. The van der Waals surface area contributed by atoms with Crippen molar-refractivity contribution in [1.29, 1.82) is 0 Å². The summed E-state index contributed by atoms with van der Waals surface area (Å²) in [5.74, 6) is 0.427. The van der Waals surface area contributed by atoms with Crippen LogP contribution in [0.2, 0.25) is 0 Å². The molecule has 0 fully saturated rings. The Bertz CT molecular complexity index is 164. The Morgan fingerprint density at radius 2 is 1.70 bits per heavy atom. The molecule has 0 aromatic heterocycles. The molecule has 0 atom stereocenters. The summed E-state index contributed by atoms with van der Waals surface area (Å²) in [6.45, 7) is 12.0. The number of hydrogen-bond donors (Lipinski definition) is 1. The third kappa shape index (κ3) is 2.26. The normalized spacial score (nSPS) is 13.3. The van der Waals surface area contributed by atoms with E-state index < -0.39 is 0 Å². The van der Waals surface area contributed by atoms with E-state index in [4.69, 9.17) is 5.73 Å². The van der Waals surface area contributed by atoms with Gasteiger partial charge in [-0.2, -0.15) is 0 Å². The largest absolute Gasteiger partial charge is 0.402 e. The van der Waals surface area contributed by atoms with Gasteiger partial charge in [0, 0.05) is 5.70 Å². The Hall–Kier alpha value is -0.720. The van der Waals surface area contributed by atoms with E-state index in [1.807, 2.05) is 13.8 Å². The molecule has 0 aliphatic carbocycles. The molecule has 0 spiro atoms. The van der Waals surface area contributed by atoms with Gasteiger partial charge in [0.15, 0.2) is 0 Å². The molecule has 0 aliphatic rings. The lowest BCUT2D eigenvalue weighted by atomic mass is 10.0. The Morgan fingerprint density at radius 3 is 1.80 bits per heavy atom. The number of nitrogens with two attached hydrogens (primary N) is 1. The van der Waals surface area contributed by atoms with E-state index in [9.17, 15) is 0 Å². The van der Waals surface area contributed by atoms with E-state index in [-0.39, 0.29) is 0 Å². The van der Waals surface area contributed by atoms with Crippen molar-refractivity contribution >= 4 is 0 Å². The van der Waals surface area contributed by atoms with Crippen LogP contribution < -0.4 is 5.73 Å². The molecule has 0 radical (unpaired) electrons. The van der Waals surface area contributed by atoms with E-state index >= 15 is 0 Å². The number of allylic oxidation sites excluding steroid dienone is 3. The van der Waals surface area contributed by atoms with E-state index in [1.165, 1.54) is 0 Å². The number of hydrogen-bond acceptors (Lipinski definition) is 1. The van der Waals surface area contributed by atoms with Crippen molar-refractivity contribution in [3.05, 3.63) is 23.4 Å². The quantitative estimate of drug-likeness (QED) is 0.584. The Balaban J connectivity index is 4.50. The molecule has 0 aromatic carbocycles. The molecule has 0 amide bonds. The van der Waals surface area contributed by atoms with Crippen molar-refractivity contribution in [2.45, 2.75) is 27.7 Å². The van der Waals surface area contributed by atoms with E-state index in [0.717, 1.165) is 16.8 Å². The third-order valence-electron chi connectivity index (χ3n) is 1.70. The van der Waals surface area contributed by atoms with Gasteiger partial charge >= 0.3 is 0 Å². The highest BCUT2D eigenvalue weighted by atomic mass is 14.6. The average Bonchev–Trinajstić information content (AvgIpc) is 1.84. The van der Waals surface area contributed by atoms with Crippen LogP contribution in [-0.4, -0.2) is 0 Å². The minimum absolute atomic E-state index is 0.427. The van der Waals surface area contributed by atoms with Gasteiger partial charge in [0.25, 0.3) is 0 Å². The van der Waals surface area contributed by atoms with Gasteiger partial charge in [0.1, 0.15) is 0 Å². The van der Waals surface area contributed by atoms with E-state index in [1.54, 1.807) is 0 Å². The molecular weight excluding hydrogens is 122 g/mol. The Kier molecular flexibility index (Phi) is 3.20. The van der Waals surface area contributed by atoms with E-state index in [0.29, 0.717) is 5.92 Å². The topological polar surface area (TPSA) is 26.0 Å². The zero-order valence-electron chi connectivity index (χ0n) is 7.36. The lowest BCUT2D eigenvalue weighted by Crippen LogP contribution is -2.08. The monoisotopic (exact) mass is 139 g/mol. The van der Waals surface area contributed by atoms with Gasteiger partial charge in [0.05, 0.1) is 0 Å². The van der Waals surface area contributed by atoms with Gasteiger partial charge in [-0.25, -0.2) is 0 Å². The van der Waals surface area contributed by atoms with Crippen LogP contribution in [0.3, 0.4) is 0 Å². The summed E-state index contributed by atoms with van der Waals surface area (Å²) in [5, 5.41) is 0. The maximum absolute atomic E-state index is 5.78. The van der Waals surface area contributed by atoms with Crippen molar-refractivity contribution in [2.24, 2.45) is 11.7 Å². The lowest BCUT2D eigenvalue weighted by Gasteiger charge is -2.09. The van der Waals surface area contributed by atoms with Gasteiger partial charge in [-0.05, 0) is 25.3 Å². The maximum Gasteiger partial charge on any atom is 0.0139 e. The van der Waals surface area contributed by atoms with Crippen LogP contribution in [0, 0.1) is 5.92 Å². The zero-order valence-corrected chi connectivity index (χ0v) is 7.36. The van der Waals surface area contributed by atoms with Gasteiger partial charge in [0.2, 0.25) is 0 Å². The number of rotatable bonds is 2. The SMILES string of the molecule is C=C(C)/C(C)=C(/N)C(C)C. The van der Waals surface area contributed by atoms with Crippen LogP contribution >= 0.6 is 0 Å². The standard InChI is InChI=1S/C9H17N/c1-6(2)8(5)9(10)7(3)4/h7H,1,10H2,2-5H3/b9-8+. The predicted molar refractivity (Wildman–Crippen MR) is 46.5 cm³/mol. The highest BCUT2D eigenvalue weighted by Crippen LogP contribution is 2.14. The first kappa shape index (κ1) is 9.28. The Morgan fingerprint density at radius 1 is 1.30 bits per heavy atom. The van der Waals surface area contributed by atoms with Gasteiger partial charge in [-0.3, -0.25) is 0 Å². The summed E-state index contributed by atoms with van der Waals surface area (Å²) in [5.41, 5.74) is 8.93. The average molecular weight is 139 g/mol. The highest BCUT2D eigenvalue weighted by Gasteiger charge is 2.01. The maximum atomic E-state index is 5.78. The smallest absolute Gasteiger partial charge is 0.0139 e. The second-order valence-corrected chi connectivity index (χ2v) is 3.02. The molecule has 0 bridgehead atoms. The van der Waals surface area contributed by atoms with Crippen LogP contribution in [0.15, 0.2) is 23.4 Å². The first-order chi connectivity index (χ1) is 4.46. The molecule has 10 heavy (non-hydrogen) atoms. The van der Waals surface area contributed by atoms with Crippen LogP contribution in [-0.2, 0) is 0 Å². The van der Waals surface area contributed by atoms with Crippen LogP contribution in [0.1, 0.15) is 27.7 Å². The summed E-state index contributed by atoms with van der Waals surface area (Å²) < 4.78 is 0. The van der Waals surface area contributed by atoms with Crippen LogP contribution in [0.5, 0.6) is 0 Å². The van der Waals surface area contributed by atoms with E-state index in [2.05, 4.69) is 20.4 Å². The summed E-state index contributed by atoms with van der Waals surface area (Å²) in [6, 6.07) is 0. The highest BCUT2D eigenvalue weighted by molar-refractivity contribution is 5.28. The zero-order chi connectivity index (χ0) is 8.31. The summed E-state index contributed by atoms with van der Waals surface area (Å²) in [4.78, 5) is 0. The first-order valence-corrected chi connectivity index (χ1v) is 3.59. The van der Waals surface area contributed by atoms with Crippen LogP contribution in [0.25, 0.3) is 0 Å². The fourth-order valence-electron chi connectivity index (χ4n) is 0.679. The molecule has 0 saturated carbocycles. The van der Waals surface area contributed by atoms with Crippen molar-refractivity contribution in [2.75, 3.05) is 0 Å². The van der Waals surface area contributed by atoms with Crippen molar-refractivity contribution in [3.8, 4) is 0 Å². The fraction of sp³-hybridized carbons (Fsp3) is 0.556. The molecular formula is C9H17N. The lowest BCUT2D eigenvalue weighted by molar-refractivity contribution is 0.746. The molecule has 0 saturated heterocycles. The van der Waals surface area contributed by atoms with Crippen molar-refractivity contribution < 1.29 is 0 Å². The Labute approximate surface area is 63.6 Å². The first-order valence-electron chi connectivity index (χ1n) is 3.59. The van der Waals surface area contributed by atoms with Crippen LogP contribution in [0.4, 0.5) is 0 Å². The molecule has 0 unspecified atom stereocenters. The molecule has 58 valence electrons.